The first kappa shape index (κ1) is 19.9. The minimum Gasteiger partial charge on any atom is -0.356 e. The van der Waals surface area contributed by atoms with Crippen molar-refractivity contribution in [1.82, 2.24) is 20.1 Å². The Hall–Kier alpha value is -1.82. The highest BCUT2D eigenvalue weighted by Gasteiger charge is 2.53. The summed E-state index contributed by atoms with van der Waals surface area (Å²) in [6.07, 6.45) is 1.90. The number of anilines is 1. The Morgan fingerprint density at radius 1 is 1.19 bits per heavy atom. The lowest BCUT2D eigenvalue weighted by atomic mass is 9.65. The minimum absolute atomic E-state index is 0.100. The largest absolute Gasteiger partial charge is 0.356 e. The van der Waals surface area contributed by atoms with Gasteiger partial charge in [0.05, 0.1) is 6.54 Å². The topological polar surface area (TPSA) is 47.0 Å². The van der Waals surface area contributed by atoms with Gasteiger partial charge in [-0.3, -0.25) is 0 Å². The van der Waals surface area contributed by atoms with E-state index < -0.39 is 0 Å². The molecule has 0 atom stereocenters. The van der Waals surface area contributed by atoms with Crippen molar-refractivity contribution in [2.24, 2.45) is 10.4 Å². The van der Waals surface area contributed by atoms with Gasteiger partial charge in [-0.15, -0.1) is 0 Å². The first-order valence-electron chi connectivity index (χ1n) is 10.2. The predicted octanol–water partition coefficient (Wildman–Crippen LogP) is 2.42. The molecule has 1 aromatic rings. The smallest absolute Gasteiger partial charge is 0.194 e. The molecule has 1 aromatic heterocycles. The SMILES string of the molecule is CCNC(=NCc1cccnc1N1CCN(C)CC1)N1CC(C)(C)C1(C)C. The van der Waals surface area contributed by atoms with E-state index in [1.54, 1.807) is 0 Å². The average molecular weight is 373 g/mol. The number of aromatic nitrogens is 1. The average Bonchev–Trinajstić information content (AvgIpc) is 2.64. The third-order valence-electron chi connectivity index (χ3n) is 6.54. The van der Waals surface area contributed by atoms with Gasteiger partial charge in [-0.1, -0.05) is 19.9 Å². The maximum Gasteiger partial charge on any atom is 0.194 e. The third-order valence-corrected chi connectivity index (χ3v) is 6.54. The van der Waals surface area contributed by atoms with Crippen molar-refractivity contribution >= 4 is 11.8 Å². The van der Waals surface area contributed by atoms with Gasteiger partial charge in [0.15, 0.2) is 5.96 Å². The Balaban J connectivity index is 1.78. The van der Waals surface area contributed by atoms with E-state index in [-0.39, 0.29) is 5.54 Å². The van der Waals surface area contributed by atoms with Crippen molar-refractivity contribution in [3.63, 3.8) is 0 Å². The van der Waals surface area contributed by atoms with Crippen LogP contribution in [0.2, 0.25) is 0 Å². The normalized spacial score (nSPS) is 22.5. The number of piperazine rings is 1. The number of likely N-dealkylation sites (tertiary alicyclic amines) is 1. The number of hydrogen-bond acceptors (Lipinski definition) is 4. The number of nitrogens with one attached hydrogen (secondary N) is 1. The summed E-state index contributed by atoms with van der Waals surface area (Å²) in [5.74, 6) is 2.10. The van der Waals surface area contributed by atoms with E-state index in [9.17, 15) is 0 Å². The number of aliphatic imine (C=N–C) groups is 1. The molecule has 0 aliphatic carbocycles. The van der Waals surface area contributed by atoms with Crippen LogP contribution in [0.5, 0.6) is 0 Å². The maximum atomic E-state index is 4.99. The fourth-order valence-electron chi connectivity index (χ4n) is 3.81. The van der Waals surface area contributed by atoms with Gasteiger partial charge in [0.1, 0.15) is 5.82 Å². The highest BCUT2D eigenvalue weighted by Crippen LogP contribution is 2.46. The molecule has 2 aliphatic heterocycles. The molecule has 0 radical (unpaired) electrons. The maximum absolute atomic E-state index is 4.99. The number of guanidine groups is 1. The molecule has 3 rings (SSSR count). The molecule has 0 bridgehead atoms. The Bertz CT molecular complexity index is 673. The molecule has 2 aliphatic rings. The van der Waals surface area contributed by atoms with E-state index in [4.69, 9.17) is 4.99 Å². The van der Waals surface area contributed by atoms with Crippen LogP contribution in [0.4, 0.5) is 5.82 Å². The van der Waals surface area contributed by atoms with E-state index in [1.807, 2.05) is 12.3 Å². The zero-order valence-electron chi connectivity index (χ0n) is 17.9. The summed E-state index contributed by atoms with van der Waals surface area (Å²) in [4.78, 5) is 16.8. The summed E-state index contributed by atoms with van der Waals surface area (Å²) in [5, 5.41) is 3.49. The number of likely N-dealkylation sites (N-methyl/N-ethyl adjacent to an activating group) is 1. The number of rotatable bonds is 4. The summed E-state index contributed by atoms with van der Waals surface area (Å²) in [6, 6.07) is 4.19. The van der Waals surface area contributed by atoms with Gasteiger partial charge in [-0.2, -0.15) is 0 Å². The van der Waals surface area contributed by atoms with E-state index >= 15 is 0 Å². The van der Waals surface area contributed by atoms with Crippen molar-refractivity contribution in [2.75, 3.05) is 51.2 Å². The van der Waals surface area contributed by atoms with Crippen LogP contribution in [0.1, 0.15) is 40.2 Å². The van der Waals surface area contributed by atoms with Crippen molar-refractivity contribution in [2.45, 2.75) is 46.7 Å². The van der Waals surface area contributed by atoms with Crippen LogP contribution in [0.25, 0.3) is 0 Å². The van der Waals surface area contributed by atoms with Gasteiger partial charge in [-0.25, -0.2) is 9.98 Å². The Morgan fingerprint density at radius 2 is 1.89 bits per heavy atom. The second-order valence-electron chi connectivity index (χ2n) is 8.98. The minimum atomic E-state index is 0.100. The Labute approximate surface area is 164 Å². The molecular formula is C21H36N6. The summed E-state index contributed by atoms with van der Waals surface area (Å²) >= 11 is 0. The lowest BCUT2D eigenvalue weighted by molar-refractivity contribution is -0.0667. The molecule has 27 heavy (non-hydrogen) atoms. The van der Waals surface area contributed by atoms with Gasteiger partial charge in [-0.05, 0) is 33.9 Å². The summed E-state index contributed by atoms with van der Waals surface area (Å²) in [7, 11) is 2.18. The van der Waals surface area contributed by atoms with E-state index in [2.05, 4.69) is 72.7 Å². The number of hydrogen-bond donors (Lipinski definition) is 1. The second-order valence-corrected chi connectivity index (χ2v) is 8.98. The molecule has 6 heteroatoms. The molecule has 0 spiro atoms. The number of pyridine rings is 1. The Morgan fingerprint density at radius 3 is 2.48 bits per heavy atom. The fourth-order valence-corrected chi connectivity index (χ4v) is 3.81. The van der Waals surface area contributed by atoms with Crippen LogP contribution >= 0.6 is 0 Å². The molecule has 0 saturated carbocycles. The van der Waals surface area contributed by atoms with Crippen LogP contribution in [0, 0.1) is 5.41 Å². The second kappa shape index (κ2) is 7.66. The van der Waals surface area contributed by atoms with E-state index in [0.717, 1.165) is 51.0 Å². The molecule has 3 heterocycles. The van der Waals surface area contributed by atoms with Gasteiger partial charge in [0.25, 0.3) is 0 Å². The molecule has 0 aromatic carbocycles. The first-order valence-corrected chi connectivity index (χ1v) is 10.2. The van der Waals surface area contributed by atoms with E-state index in [0.29, 0.717) is 12.0 Å². The first-order chi connectivity index (χ1) is 12.8. The molecule has 0 amide bonds. The van der Waals surface area contributed by atoms with Crippen LogP contribution in [0.15, 0.2) is 23.3 Å². The predicted molar refractivity (Wildman–Crippen MR) is 113 cm³/mol. The molecular weight excluding hydrogens is 336 g/mol. The molecule has 0 unspecified atom stereocenters. The fraction of sp³-hybridized carbons (Fsp3) is 0.714. The Kier molecular flexibility index (Phi) is 5.65. The van der Waals surface area contributed by atoms with Crippen molar-refractivity contribution in [3.05, 3.63) is 23.9 Å². The van der Waals surface area contributed by atoms with Gasteiger partial charge in [0, 0.05) is 62.0 Å². The summed E-state index contributed by atoms with van der Waals surface area (Å²) in [5.41, 5.74) is 1.60. The standard InChI is InChI=1S/C21H36N6/c1-7-22-19(27-16-20(2,3)21(27,4)5)24-15-17-9-8-10-23-18(17)26-13-11-25(6)12-14-26/h8-10H,7,11-16H2,1-6H3,(H,22,24). The van der Waals surface area contributed by atoms with Crippen molar-refractivity contribution < 1.29 is 0 Å². The lowest BCUT2D eigenvalue weighted by Gasteiger charge is -2.62. The van der Waals surface area contributed by atoms with E-state index in [1.165, 1.54) is 5.56 Å². The molecule has 1 N–H and O–H groups in total. The lowest BCUT2D eigenvalue weighted by Crippen LogP contribution is -2.72. The van der Waals surface area contributed by atoms with Crippen LogP contribution in [-0.2, 0) is 6.54 Å². The summed E-state index contributed by atoms with van der Waals surface area (Å²) in [6.45, 7) is 18.2. The summed E-state index contributed by atoms with van der Waals surface area (Å²) < 4.78 is 0. The third kappa shape index (κ3) is 3.91. The van der Waals surface area contributed by atoms with Gasteiger partial charge in [0.2, 0.25) is 0 Å². The molecule has 2 saturated heterocycles. The monoisotopic (exact) mass is 372 g/mol. The van der Waals surface area contributed by atoms with Crippen LogP contribution in [0.3, 0.4) is 0 Å². The van der Waals surface area contributed by atoms with Gasteiger partial charge < -0.3 is 20.0 Å². The molecule has 150 valence electrons. The number of nitrogens with zero attached hydrogens (tertiary/aromatic N) is 5. The highest BCUT2D eigenvalue weighted by molar-refractivity contribution is 5.82. The molecule has 6 nitrogen and oxygen atoms in total. The van der Waals surface area contributed by atoms with Crippen molar-refractivity contribution in [1.29, 1.82) is 0 Å². The zero-order valence-corrected chi connectivity index (χ0v) is 17.9. The van der Waals surface area contributed by atoms with Crippen LogP contribution in [-0.4, -0.2) is 72.6 Å². The zero-order chi connectivity index (χ0) is 19.7. The molecule has 2 fully saturated rings. The quantitative estimate of drug-likeness (QED) is 0.650. The highest BCUT2D eigenvalue weighted by atomic mass is 15.4. The van der Waals surface area contributed by atoms with Gasteiger partial charge >= 0.3 is 0 Å². The van der Waals surface area contributed by atoms with Crippen LogP contribution < -0.4 is 10.2 Å². The van der Waals surface area contributed by atoms with Crippen molar-refractivity contribution in [3.8, 4) is 0 Å².